The maximum Gasteiger partial charge on any atom is 0.256 e. The summed E-state index contributed by atoms with van der Waals surface area (Å²) in [6.45, 7) is 0. The van der Waals surface area contributed by atoms with E-state index >= 15 is 0 Å². The van der Waals surface area contributed by atoms with Gasteiger partial charge in [-0.1, -0.05) is 0 Å². The van der Waals surface area contributed by atoms with Crippen molar-refractivity contribution < 1.29 is 13.9 Å². The number of aromatic amines is 1. The standard InChI is InChI=1S/C18H13FN2O2/c1-23-12-3-5-16-13(8-12)10(9-20-16)6-15-14-7-11(19)2-4-17(14)21-18(15)22/h2-9,20H,1H3,(H,21,22)/b15-6-. The van der Waals surface area contributed by atoms with E-state index in [0.717, 1.165) is 22.2 Å². The van der Waals surface area contributed by atoms with E-state index in [0.29, 0.717) is 16.8 Å². The van der Waals surface area contributed by atoms with Crippen molar-refractivity contribution >= 4 is 34.1 Å². The van der Waals surface area contributed by atoms with Crippen molar-refractivity contribution in [3.8, 4) is 5.75 Å². The van der Waals surface area contributed by atoms with Crippen LogP contribution in [0.3, 0.4) is 0 Å². The van der Waals surface area contributed by atoms with E-state index in [1.807, 2.05) is 24.4 Å². The van der Waals surface area contributed by atoms with Gasteiger partial charge in [0.2, 0.25) is 0 Å². The fourth-order valence-electron chi connectivity index (χ4n) is 2.83. The van der Waals surface area contributed by atoms with Gasteiger partial charge in [-0.3, -0.25) is 4.79 Å². The minimum atomic E-state index is -0.369. The summed E-state index contributed by atoms with van der Waals surface area (Å²) in [5.41, 5.74) is 3.44. The molecular formula is C18H13FN2O2. The number of benzene rings is 2. The Bertz CT molecular complexity index is 972. The maximum absolute atomic E-state index is 13.5. The van der Waals surface area contributed by atoms with Gasteiger partial charge in [0, 0.05) is 39.5 Å². The van der Waals surface area contributed by atoms with Crippen LogP contribution in [0.25, 0.3) is 22.6 Å². The van der Waals surface area contributed by atoms with Crippen molar-refractivity contribution in [1.29, 1.82) is 0 Å². The molecule has 1 aliphatic heterocycles. The molecule has 0 bridgehead atoms. The number of hydrogen-bond donors (Lipinski definition) is 2. The summed E-state index contributed by atoms with van der Waals surface area (Å²) in [6, 6.07) is 9.95. The van der Waals surface area contributed by atoms with Crippen LogP contribution < -0.4 is 10.1 Å². The molecule has 1 amide bonds. The first-order valence-corrected chi connectivity index (χ1v) is 7.14. The monoisotopic (exact) mass is 308 g/mol. The predicted molar refractivity (Wildman–Crippen MR) is 87.8 cm³/mol. The van der Waals surface area contributed by atoms with Gasteiger partial charge in [0.05, 0.1) is 7.11 Å². The number of carbonyl (C=O) groups is 1. The van der Waals surface area contributed by atoms with Gasteiger partial charge >= 0.3 is 0 Å². The number of H-pyrrole nitrogens is 1. The molecule has 0 aliphatic carbocycles. The maximum atomic E-state index is 13.5. The third-order valence-electron chi connectivity index (χ3n) is 3.99. The highest BCUT2D eigenvalue weighted by Gasteiger charge is 2.24. The van der Waals surface area contributed by atoms with E-state index in [4.69, 9.17) is 4.74 Å². The second-order valence-corrected chi connectivity index (χ2v) is 5.36. The molecule has 1 aliphatic rings. The molecule has 3 aromatic rings. The van der Waals surface area contributed by atoms with Crippen LogP contribution in [0.2, 0.25) is 0 Å². The lowest BCUT2D eigenvalue weighted by Gasteiger charge is -2.01. The Hall–Kier alpha value is -3.08. The summed E-state index contributed by atoms with van der Waals surface area (Å²) >= 11 is 0. The molecule has 2 aromatic carbocycles. The normalized spacial score (nSPS) is 15.0. The quantitative estimate of drug-likeness (QED) is 0.707. The largest absolute Gasteiger partial charge is 0.497 e. The first kappa shape index (κ1) is 13.6. The topological polar surface area (TPSA) is 54.1 Å². The van der Waals surface area contributed by atoms with Crippen LogP contribution in [-0.4, -0.2) is 18.0 Å². The van der Waals surface area contributed by atoms with Crippen LogP contribution in [0, 0.1) is 5.82 Å². The zero-order chi connectivity index (χ0) is 16.0. The number of rotatable bonds is 2. The van der Waals surface area contributed by atoms with Crippen LogP contribution in [0.4, 0.5) is 10.1 Å². The molecule has 0 atom stereocenters. The van der Waals surface area contributed by atoms with E-state index in [9.17, 15) is 9.18 Å². The van der Waals surface area contributed by atoms with Crippen molar-refractivity contribution in [2.75, 3.05) is 12.4 Å². The summed E-state index contributed by atoms with van der Waals surface area (Å²) in [7, 11) is 1.61. The highest BCUT2D eigenvalue weighted by Crippen LogP contribution is 2.35. The molecule has 5 heteroatoms. The average molecular weight is 308 g/mol. The summed E-state index contributed by atoms with van der Waals surface area (Å²) in [6.07, 6.45) is 3.58. The molecule has 0 saturated carbocycles. The Morgan fingerprint density at radius 2 is 2.04 bits per heavy atom. The molecule has 114 valence electrons. The van der Waals surface area contributed by atoms with Crippen LogP contribution in [0.5, 0.6) is 5.75 Å². The van der Waals surface area contributed by atoms with Crippen LogP contribution >= 0.6 is 0 Å². The smallest absolute Gasteiger partial charge is 0.256 e. The Kier molecular flexibility index (Phi) is 2.94. The molecule has 0 spiro atoms. The van der Waals surface area contributed by atoms with Crippen molar-refractivity contribution in [2.24, 2.45) is 0 Å². The lowest BCUT2D eigenvalue weighted by molar-refractivity contribution is -0.110. The third-order valence-corrected chi connectivity index (χ3v) is 3.99. The number of amides is 1. The van der Waals surface area contributed by atoms with Gasteiger partial charge in [-0.15, -0.1) is 0 Å². The molecule has 2 heterocycles. The van der Waals surface area contributed by atoms with Crippen LogP contribution in [0.1, 0.15) is 11.1 Å². The number of anilines is 1. The number of hydrogen-bond acceptors (Lipinski definition) is 2. The predicted octanol–water partition coefficient (Wildman–Crippen LogP) is 3.81. The highest BCUT2D eigenvalue weighted by atomic mass is 19.1. The van der Waals surface area contributed by atoms with Crippen molar-refractivity contribution in [3.05, 3.63) is 59.5 Å². The second kappa shape index (κ2) is 4.98. The first-order valence-electron chi connectivity index (χ1n) is 7.14. The number of fused-ring (bicyclic) bond motifs is 2. The number of methoxy groups -OCH3 is 1. The van der Waals surface area contributed by atoms with Crippen LogP contribution in [0.15, 0.2) is 42.6 Å². The molecular weight excluding hydrogens is 295 g/mol. The average Bonchev–Trinajstić information content (AvgIpc) is 3.09. The summed E-state index contributed by atoms with van der Waals surface area (Å²) < 4.78 is 18.8. The number of nitrogens with one attached hydrogen (secondary N) is 2. The van der Waals surface area contributed by atoms with E-state index in [2.05, 4.69) is 10.3 Å². The molecule has 0 radical (unpaired) electrons. The second-order valence-electron chi connectivity index (χ2n) is 5.36. The van der Waals surface area contributed by atoms with Gasteiger partial charge in [0.15, 0.2) is 0 Å². The number of halogens is 1. The van der Waals surface area contributed by atoms with Gasteiger partial charge in [0.1, 0.15) is 11.6 Å². The fraction of sp³-hybridized carbons (Fsp3) is 0.0556. The van der Waals surface area contributed by atoms with Gasteiger partial charge in [0.25, 0.3) is 5.91 Å². The summed E-state index contributed by atoms with van der Waals surface area (Å²) in [5, 5.41) is 3.69. The Morgan fingerprint density at radius 3 is 2.87 bits per heavy atom. The molecule has 4 nitrogen and oxygen atoms in total. The Balaban J connectivity index is 1.88. The van der Waals surface area contributed by atoms with Gasteiger partial charge < -0.3 is 15.0 Å². The lowest BCUT2D eigenvalue weighted by atomic mass is 10.0. The molecule has 2 N–H and O–H groups in total. The van der Waals surface area contributed by atoms with E-state index in [1.54, 1.807) is 19.3 Å². The Labute approximate surface area is 131 Å². The zero-order valence-electron chi connectivity index (χ0n) is 12.3. The van der Waals surface area contributed by atoms with Gasteiger partial charge in [-0.25, -0.2) is 4.39 Å². The molecule has 23 heavy (non-hydrogen) atoms. The SMILES string of the molecule is COc1ccc2[nH]cc(/C=C3\C(=O)Nc4ccc(F)cc43)c2c1. The number of carbonyl (C=O) groups excluding carboxylic acids is 1. The van der Waals surface area contributed by atoms with E-state index in [1.165, 1.54) is 12.1 Å². The minimum Gasteiger partial charge on any atom is -0.497 e. The molecule has 0 fully saturated rings. The molecule has 0 unspecified atom stereocenters. The van der Waals surface area contributed by atoms with Crippen molar-refractivity contribution in [3.63, 3.8) is 0 Å². The van der Waals surface area contributed by atoms with Gasteiger partial charge in [-0.05, 0) is 42.5 Å². The summed E-state index contributed by atoms with van der Waals surface area (Å²) in [5.74, 6) is 0.133. The highest BCUT2D eigenvalue weighted by molar-refractivity contribution is 6.35. The fourth-order valence-corrected chi connectivity index (χ4v) is 2.83. The van der Waals surface area contributed by atoms with Gasteiger partial charge in [-0.2, -0.15) is 0 Å². The van der Waals surface area contributed by atoms with Crippen molar-refractivity contribution in [2.45, 2.75) is 0 Å². The van der Waals surface area contributed by atoms with E-state index < -0.39 is 0 Å². The van der Waals surface area contributed by atoms with Crippen molar-refractivity contribution in [1.82, 2.24) is 4.98 Å². The zero-order valence-corrected chi connectivity index (χ0v) is 12.3. The lowest BCUT2D eigenvalue weighted by Crippen LogP contribution is -2.03. The first-order chi connectivity index (χ1) is 11.2. The Morgan fingerprint density at radius 1 is 1.17 bits per heavy atom. The van der Waals surface area contributed by atoms with Crippen LogP contribution in [-0.2, 0) is 4.79 Å². The summed E-state index contributed by atoms with van der Waals surface area (Å²) in [4.78, 5) is 15.3. The van der Waals surface area contributed by atoms with E-state index in [-0.39, 0.29) is 11.7 Å². The molecule has 0 saturated heterocycles. The number of ether oxygens (including phenoxy) is 1. The number of aromatic nitrogens is 1. The molecule has 1 aromatic heterocycles. The third kappa shape index (κ3) is 2.17. The molecule has 4 rings (SSSR count). The minimum absolute atomic E-state index is 0.233.